The number of halogens is 1. The van der Waals surface area contributed by atoms with Gasteiger partial charge < -0.3 is 5.32 Å². The molecule has 0 fully saturated rings. The number of aryl methyl sites for hydroxylation is 1. The molecule has 1 aromatic carbocycles. The molecule has 3 aromatic rings. The largest absolute Gasteiger partial charge is 0.306 e. The van der Waals surface area contributed by atoms with Crippen LogP contribution in [-0.2, 0) is 6.54 Å². The molecule has 23 heavy (non-hydrogen) atoms. The summed E-state index contributed by atoms with van der Waals surface area (Å²) in [6.45, 7) is 2.45. The zero-order valence-electron chi connectivity index (χ0n) is 12.5. The minimum absolute atomic E-state index is 0.242. The molecule has 0 atom stereocenters. The van der Waals surface area contributed by atoms with Crippen LogP contribution in [0.3, 0.4) is 0 Å². The van der Waals surface area contributed by atoms with E-state index in [-0.39, 0.29) is 5.91 Å². The maximum absolute atomic E-state index is 12.2. The summed E-state index contributed by atoms with van der Waals surface area (Å²) < 4.78 is 1.68. The third kappa shape index (κ3) is 3.76. The number of rotatable bonds is 4. The van der Waals surface area contributed by atoms with Gasteiger partial charge in [-0.3, -0.25) is 9.48 Å². The standard InChI is InChI=1S/C17H15ClN4O/c1-12-6-7-19-16(8-12)21-17(23)14-9-20-22(11-14)10-13-4-2-3-5-15(13)18/h2-9,11H,10H2,1H3,(H,19,21,23). The van der Waals surface area contributed by atoms with Gasteiger partial charge in [0, 0.05) is 17.4 Å². The average molecular weight is 327 g/mol. The van der Waals surface area contributed by atoms with E-state index in [0.717, 1.165) is 11.1 Å². The van der Waals surface area contributed by atoms with Crippen LogP contribution in [0, 0.1) is 6.92 Å². The van der Waals surface area contributed by atoms with Gasteiger partial charge in [-0.2, -0.15) is 5.10 Å². The quantitative estimate of drug-likeness (QED) is 0.797. The number of pyridine rings is 1. The van der Waals surface area contributed by atoms with E-state index in [1.54, 1.807) is 17.1 Å². The smallest absolute Gasteiger partial charge is 0.260 e. The second kappa shape index (κ2) is 6.62. The number of hydrogen-bond acceptors (Lipinski definition) is 3. The van der Waals surface area contributed by atoms with Crippen LogP contribution >= 0.6 is 11.6 Å². The molecular formula is C17H15ClN4O. The van der Waals surface area contributed by atoms with Crippen molar-refractivity contribution >= 4 is 23.3 Å². The highest BCUT2D eigenvalue weighted by atomic mass is 35.5. The van der Waals surface area contributed by atoms with Crippen LogP contribution in [0.25, 0.3) is 0 Å². The van der Waals surface area contributed by atoms with Gasteiger partial charge in [0.2, 0.25) is 0 Å². The van der Waals surface area contributed by atoms with E-state index in [9.17, 15) is 4.79 Å². The van der Waals surface area contributed by atoms with Crippen molar-refractivity contribution in [3.05, 3.63) is 76.7 Å². The molecular weight excluding hydrogens is 312 g/mol. The van der Waals surface area contributed by atoms with Gasteiger partial charge in [0.15, 0.2) is 0 Å². The van der Waals surface area contributed by atoms with E-state index < -0.39 is 0 Å². The van der Waals surface area contributed by atoms with Crippen LogP contribution in [0.5, 0.6) is 0 Å². The van der Waals surface area contributed by atoms with Crippen molar-refractivity contribution in [1.29, 1.82) is 0 Å². The van der Waals surface area contributed by atoms with E-state index in [0.29, 0.717) is 22.9 Å². The lowest BCUT2D eigenvalue weighted by Crippen LogP contribution is -2.12. The molecule has 6 heteroatoms. The number of aromatic nitrogens is 3. The van der Waals surface area contributed by atoms with Crippen LogP contribution in [0.1, 0.15) is 21.5 Å². The number of nitrogens with zero attached hydrogens (tertiary/aromatic N) is 3. The summed E-state index contributed by atoms with van der Waals surface area (Å²) in [5.74, 6) is 0.280. The lowest BCUT2D eigenvalue weighted by atomic mass is 10.2. The molecule has 5 nitrogen and oxygen atoms in total. The normalized spacial score (nSPS) is 10.5. The molecule has 3 rings (SSSR count). The zero-order chi connectivity index (χ0) is 16.2. The number of anilines is 1. The van der Waals surface area contributed by atoms with Crippen molar-refractivity contribution in [2.24, 2.45) is 0 Å². The third-order valence-electron chi connectivity index (χ3n) is 3.34. The monoisotopic (exact) mass is 326 g/mol. The fraction of sp³-hybridized carbons (Fsp3) is 0.118. The summed E-state index contributed by atoms with van der Waals surface area (Å²) in [6, 6.07) is 11.2. The predicted octanol–water partition coefficient (Wildman–Crippen LogP) is 3.54. The van der Waals surface area contributed by atoms with E-state index >= 15 is 0 Å². The van der Waals surface area contributed by atoms with Gasteiger partial charge in [-0.05, 0) is 36.2 Å². The molecule has 1 amide bonds. The van der Waals surface area contributed by atoms with Crippen LogP contribution in [0.4, 0.5) is 5.82 Å². The van der Waals surface area contributed by atoms with Crippen LogP contribution in [-0.4, -0.2) is 20.7 Å². The Labute approximate surface area is 138 Å². The maximum Gasteiger partial charge on any atom is 0.260 e. The topological polar surface area (TPSA) is 59.8 Å². The summed E-state index contributed by atoms with van der Waals surface area (Å²) >= 11 is 6.14. The number of amides is 1. The number of carbonyl (C=O) groups is 1. The Hall–Kier alpha value is -2.66. The Morgan fingerprint density at radius 2 is 2.13 bits per heavy atom. The Morgan fingerprint density at radius 3 is 2.91 bits per heavy atom. The van der Waals surface area contributed by atoms with Crippen LogP contribution < -0.4 is 5.32 Å². The Kier molecular flexibility index (Phi) is 4.39. The Bertz CT molecular complexity index is 844. The Morgan fingerprint density at radius 1 is 1.30 bits per heavy atom. The van der Waals surface area contributed by atoms with Gasteiger partial charge in [-0.1, -0.05) is 29.8 Å². The van der Waals surface area contributed by atoms with Gasteiger partial charge in [0.25, 0.3) is 5.91 Å². The maximum atomic E-state index is 12.2. The average Bonchev–Trinajstić information content (AvgIpc) is 2.98. The molecule has 2 heterocycles. The third-order valence-corrected chi connectivity index (χ3v) is 3.71. The molecule has 0 aliphatic heterocycles. The second-order valence-electron chi connectivity index (χ2n) is 5.19. The van der Waals surface area contributed by atoms with Crippen LogP contribution in [0.2, 0.25) is 5.02 Å². The van der Waals surface area contributed by atoms with Crippen molar-refractivity contribution in [3.8, 4) is 0 Å². The minimum atomic E-state index is -0.242. The van der Waals surface area contributed by atoms with E-state index in [2.05, 4.69) is 15.4 Å². The lowest BCUT2D eigenvalue weighted by molar-refractivity contribution is 0.102. The first kappa shape index (κ1) is 15.2. The summed E-state index contributed by atoms with van der Waals surface area (Å²) in [7, 11) is 0. The first-order valence-electron chi connectivity index (χ1n) is 7.12. The summed E-state index contributed by atoms with van der Waals surface area (Å²) in [6.07, 6.45) is 4.88. The number of benzene rings is 1. The van der Waals surface area contributed by atoms with E-state index in [1.165, 1.54) is 6.20 Å². The minimum Gasteiger partial charge on any atom is -0.306 e. The fourth-order valence-electron chi connectivity index (χ4n) is 2.16. The van der Waals surface area contributed by atoms with Crippen molar-refractivity contribution in [2.45, 2.75) is 13.5 Å². The highest BCUT2D eigenvalue weighted by Gasteiger charge is 2.10. The van der Waals surface area contributed by atoms with Gasteiger partial charge in [0.1, 0.15) is 5.82 Å². The zero-order valence-corrected chi connectivity index (χ0v) is 13.3. The molecule has 0 saturated carbocycles. The molecule has 0 spiro atoms. The van der Waals surface area contributed by atoms with Gasteiger partial charge in [-0.15, -0.1) is 0 Å². The van der Waals surface area contributed by atoms with Crippen molar-refractivity contribution in [3.63, 3.8) is 0 Å². The van der Waals surface area contributed by atoms with Gasteiger partial charge in [0.05, 0.1) is 18.3 Å². The first-order chi connectivity index (χ1) is 11.1. The van der Waals surface area contributed by atoms with E-state index in [4.69, 9.17) is 11.6 Å². The van der Waals surface area contributed by atoms with Crippen LogP contribution in [0.15, 0.2) is 55.0 Å². The van der Waals surface area contributed by atoms with Gasteiger partial charge >= 0.3 is 0 Å². The summed E-state index contributed by atoms with van der Waals surface area (Å²) in [5, 5.41) is 7.65. The number of carbonyl (C=O) groups excluding carboxylic acids is 1. The molecule has 0 aliphatic carbocycles. The molecule has 116 valence electrons. The lowest BCUT2D eigenvalue weighted by Gasteiger charge is -2.04. The molecule has 0 saturated heterocycles. The van der Waals surface area contributed by atoms with Crippen molar-refractivity contribution in [1.82, 2.24) is 14.8 Å². The summed E-state index contributed by atoms with van der Waals surface area (Å²) in [5.41, 5.74) is 2.45. The highest BCUT2D eigenvalue weighted by Crippen LogP contribution is 2.16. The molecule has 0 radical (unpaired) electrons. The molecule has 2 aromatic heterocycles. The van der Waals surface area contributed by atoms with Crippen molar-refractivity contribution in [2.75, 3.05) is 5.32 Å². The molecule has 0 aliphatic rings. The summed E-state index contributed by atoms with van der Waals surface area (Å²) in [4.78, 5) is 16.3. The molecule has 0 bridgehead atoms. The van der Waals surface area contributed by atoms with Crippen molar-refractivity contribution < 1.29 is 4.79 Å². The molecule has 1 N–H and O–H groups in total. The second-order valence-corrected chi connectivity index (χ2v) is 5.60. The fourth-order valence-corrected chi connectivity index (χ4v) is 2.36. The van der Waals surface area contributed by atoms with Gasteiger partial charge in [-0.25, -0.2) is 4.98 Å². The highest BCUT2D eigenvalue weighted by molar-refractivity contribution is 6.31. The van der Waals surface area contributed by atoms with E-state index in [1.807, 2.05) is 43.3 Å². The Balaban J connectivity index is 1.71. The number of nitrogens with one attached hydrogen (secondary N) is 1. The SMILES string of the molecule is Cc1ccnc(NC(=O)c2cnn(Cc3ccccc3Cl)c2)c1. The predicted molar refractivity (Wildman–Crippen MR) is 89.7 cm³/mol. The molecule has 0 unspecified atom stereocenters. The number of hydrogen-bond donors (Lipinski definition) is 1. The first-order valence-corrected chi connectivity index (χ1v) is 7.49.